The van der Waals surface area contributed by atoms with Crippen LogP contribution in [-0.4, -0.2) is 33.2 Å². The van der Waals surface area contributed by atoms with Gasteiger partial charge in [0.1, 0.15) is 11.5 Å². The number of halogens is 1. The maximum Gasteiger partial charge on any atom is 0.227 e. The first-order chi connectivity index (χ1) is 9.59. The molecule has 1 aliphatic heterocycles. The molecule has 0 bridgehead atoms. The van der Waals surface area contributed by atoms with Gasteiger partial charge in [0.2, 0.25) is 5.91 Å². The van der Waals surface area contributed by atoms with Crippen LogP contribution in [0.3, 0.4) is 0 Å². The number of benzene rings is 1. The van der Waals surface area contributed by atoms with Crippen LogP contribution in [0.2, 0.25) is 0 Å². The lowest BCUT2D eigenvalue weighted by atomic mass is 9.89. The highest BCUT2D eigenvalue weighted by Crippen LogP contribution is 2.27. The molecule has 21 heavy (non-hydrogen) atoms. The largest absolute Gasteiger partial charge is 0.497 e. The van der Waals surface area contributed by atoms with Crippen molar-refractivity contribution in [3.05, 3.63) is 23.8 Å². The molecule has 5 nitrogen and oxygen atoms in total. The summed E-state index contributed by atoms with van der Waals surface area (Å²) in [5, 5.41) is 6.22. The van der Waals surface area contributed by atoms with E-state index in [1.54, 1.807) is 14.2 Å². The van der Waals surface area contributed by atoms with Gasteiger partial charge in [-0.25, -0.2) is 0 Å². The molecular weight excluding hydrogens is 292 g/mol. The molecule has 118 valence electrons. The topological polar surface area (TPSA) is 59.6 Å². The maximum absolute atomic E-state index is 12.2. The number of hydrogen-bond acceptors (Lipinski definition) is 4. The van der Waals surface area contributed by atoms with Gasteiger partial charge in [-0.15, -0.1) is 12.4 Å². The van der Waals surface area contributed by atoms with Gasteiger partial charge >= 0.3 is 0 Å². The van der Waals surface area contributed by atoms with Gasteiger partial charge in [0.25, 0.3) is 0 Å². The smallest absolute Gasteiger partial charge is 0.227 e. The molecule has 6 heteroatoms. The van der Waals surface area contributed by atoms with E-state index in [4.69, 9.17) is 9.47 Å². The van der Waals surface area contributed by atoms with Gasteiger partial charge in [0.15, 0.2) is 0 Å². The fraction of sp³-hybridized carbons (Fsp3) is 0.533. The molecule has 2 rings (SSSR count). The average Bonchev–Trinajstić information content (AvgIpc) is 2.92. The van der Waals surface area contributed by atoms with Gasteiger partial charge in [-0.05, 0) is 32.0 Å². The van der Waals surface area contributed by atoms with Crippen molar-refractivity contribution in [2.24, 2.45) is 5.41 Å². The number of rotatable bonds is 5. The Morgan fingerprint density at radius 2 is 2.14 bits per heavy atom. The Kier molecular flexibility index (Phi) is 6.30. The highest BCUT2D eigenvalue weighted by molar-refractivity contribution is 5.85. The van der Waals surface area contributed by atoms with Crippen LogP contribution in [0, 0.1) is 5.41 Å². The van der Waals surface area contributed by atoms with Crippen LogP contribution in [-0.2, 0) is 11.3 Å². The summed E-state index contributed by atoms with van der Waals surface area (Å²) in [5.41, 5.74) is 0.635. The van der Waals surface area contributed by atoms with E-state index in [9.17, 15) is 4.79 Å². The number of carbonyl (C=O) groups is 1. The summed E-state index contributed by atoms with van der Waals surface area (Å²) in [5.74, 6) is 1.55. The number of ether oxygens (including phenoxy) is 2. The average molecular weight is 315 g/mol. The van der Waals surface area contributed by atoms with E-state index in [0.29, 0.717) is 6.54 Å². The lowest BCUT2D eigenvalue weighted by Gasteiger charge is -2.22. The molecule has 1 fully saturated rings. The Hall–Kier alpha value is -1.46. The zero-order valence-corrected chi connectivity index (χ0v) is 13.5. The van der Waals surface area contributed by atoms with Crippen molar-refractivity contribution in [3.63, 3.8) is 0 Å². The van der Waals surface area contributed by atoms with Gasteiger partial charge in [0, 0.05) is 24.7 Å². The van der Waals surface area contributed by atoms with E-state index in [2.05, 4.69) is 10.6 Å². The summed E-state index contributed by atoms with van der Waals surface area (Å²) in [4.78, 5) is 12.2. The molecule has 0 aromatic heterocycles. The second-order valence-corrected chi connectivity index (χ2v) is 5.35. The summed E-state index contributed by atoms with van der Waals surface area (Å²) in [7, 11) is 3.23. The van der Waals surface area contributed by atoms with Crippen molar-refractivity contribution in [2.45, 2.75) is 19.9 Å². The fourth-order valence-corrected chi connectivity index (χ4v) is 2.40. The number of amides is 1. The zero-order valence-electron chi connectivity index (χ0n) is 12.7. The van der Waals surface area contributed by atoms with Gasteiger partial charge in [0.05, 0.1) is 19.6 Å². The van der Waals surface area contributed by atoms with Crippen LogP contribution >= 0.6 is 12.4 Å². The van der Waals surface area contributed by atoms with Gasteiger partial charge in [-0.1, -0.05) is 0 Å². The monoisotopic (exact) mass is 314 g/mol. The Labute approximate surface area is 131 Å². The first kappa shape index (κ1) is 17.6. The molecule has 1 aliphatic rings. The maximum atomic E-state index is 12.2. The van der Waals surface area contributed by atoms with Crippen molar-refractivity contribution in [3.8, 4) is 11.5 Å². The van der Waals surface area contributed by atoms with E-state index >= 15 is 0 Å². The number of nitrogens with one attached hydrogen (secondary N) is 2. The van der Waals surface area contributed by atoms with Crippen LogP contribution in [0.25, 0.3) is 0 Å². The summed E-state index contributed by atoms with van der Waals surface area (Å²) in [6.45, 7) is 4.09. The number of hydrogen-bond donors (Lipinski definition) is 2. The molecule has 0 aliphatic carbocycles. The van der Waals surface area contributed by atoms with Gasteiger partial charge in [-0.3, -0.25) is 4.79 Å². The minimum absolute atomic E-state index is 0. The van der Waals surface area contributed by atoms with Crippen LogP contribution in [0.4, 0.5) is 0 Å². The number of carbonyl (C=O) groups excluding carboxylic acids is 1. The SMILES string of the molecule is COc1ccc(CNC(=O)C2(C)CCNC2)c(OC)c1.Cl. The minimum atomic E-state index is -0.306. The standard InChI is InChI=1S/C15H22N2O3.ClH/c1-15(6-7-16-10-15)14(18)17-9-11-4-5-12(19-2)8-13(11)20-3;/h4-5,8,16H,6-7,9-10H2,1-3H3,(H,17,18);1H. The third-order valence-electron chi connectivity index (χ3n) is 3.85. The Morgan fingerprint density at radius 3 is 2.71 bits per heavy atom. The molecule has 1 atom stereocenters. The lowest BCUT2D eigenvalue weighted by Crippen LogP contribution is -2.40. The van der Waals surface area contributed by atoms with Gasteiger partial charge < -0.3 is 20.1 Å². The second-order valence-electron chi connectivity index (χ2n) is 5.35. The van der Waals surface area contributed by atoms with E-state index in [-0.39, 0.29) is 23.7 Å². The summed E-state index contributed by atoms with van der Waals surface area (Å²) < 4.78 is 10.5. The minimum Gasteiger partial charge on any atom is -0.497 e. The van der Waals surface area contributed by atoms with E-state index in [1.165, 1.54) is 0 Å². The van der Waals surface area contributed by atoms with Crippen molar-refractivity contribution in [2.75, 3.05) is 27.3 Å². The van der Waals surface area contributed by atoms with Crippen molar-refractivity contribution in [1.29, 1.82) is 0 Å². The third kappa shape index (κ3) is 4.02. The molecular formula is C15H23ClN2O3. The normalized spacial score (nSPS) is 20.5. The van der Waals surface area contributed by atoms with Crippen molar-refractivity contribution >= 4 is 18.3 Å². The molecule has 1 amide bonds. The predicted molar refractivity (Wildman–Crippen MR) is 84.2 cm³/mol. The second kappa shape index (κ2) is 7.52. The van der Waals surface area contributed by atoms with Crippen LogP contribution in [0.5, 0.6) is 11.5 Å². The highest BCUT2D eigenvalue weighted by Gasteiger charge is 2.35. The molecule has 0 radical (unpaired) electrons. The summed E-state index contributed by atoms with van der Waals surface area (Å²) in [6, 6.07) is 5.59. The first-order valence-corrected chi connectivity index (χ1v) is 6.79. The van der Waals surface area contributed by atoms with Crippen LogP contribution in [0.15, 0.2) is 18.2 Å². The quantitative estimate of drug-likeness (QED) is 0.869. The Bertz CT molecular complexity index is 488. The highest BCUT2D eigenvalue weighted by atomic mass is 35.5. The molecule has 1 aromatic carbocycles. The summed E-state index contributed by atoms with van der Waals surface area (Å²) in [6.07, 6.45) is 0.874. The number of methoxy groups -OCH3 is 2. The Morgan fingerprint density at radius 1 is 1.38 bits per heavy atom. The van der Waals surface area contributed by atoms with E-state index in [0.717, 1.165) is 36.6 Å². The lowest BCUT2D eigenvalue weighted by molar-refractivity contribution is -0.129. The van der Waals surface area contributed by atoms with Crippen LogP contribution in [0.1, 0.15) is 18.9 Å². The predicted octanol–water partition coefficient (Wildman–Crippen LogP) is 1.74. The first-order valence-electron chi connectivity index (χ1n) is 6.79. The van der Waals surface area contributed by atoms with Crippen molar-refractivity contribution in [1.82, 2.24) is 10.6 Å². The molecule has 0 saturated carbocycles. The van der Waals surface area contributed by atoms with E-state index < -0.39 is 0 Å². The molecule has 1 heterocycles. The third-order valence-corrected chi connectivity index (χ3v) is 3.85. The molecule has 1 aromatic rings. The molecule has 2 N–H and O–H groups in total. The Balaban J connectivity index is 0.00000220. The fourth-order valence-electron chi connectivity index (χ4n) is 2.40. The zero-order chi connectivity index (χ0) is 14.6. The summed E-state index contributed by atoms with van der Waals surface area (Å²) >= 11 is 0. The van der Waals surface area contributed by atoms with Crippen LogP contribution < -0.4 is 20.1 Å². The van der Waals surface area contributed by atoms with E-state index in [1.807, 2.05) is 25.1 Å². The molecule has 1 unspecified atom stereocenters. The van der Waals surface area contributed by atoms with Crippen molar-refractivity contribution < 1.29 is 14.3 Å². The van der Waals surface area contributed by atoms with Gasteiger partial charge in [-0.2, -0.15) is 0 Å². The molecule has 0 spiro atoms. The molecule has 1 saturated heterocycles.